The molecule has 0 saturated heterocycles. The molecule has 78 valence electrons. The molecule has 1 atom stereocenters. The van der Waals surface area contributed by atoms with Crippen LogP contribution >= 0.6 is 11.5 Å². The summed E-state index contributed by atoms with van der Waals surface area (Å²) in [6.45, 7) is 4.06. The number of nitrogens with zero attached hydrogens (tertiary/aromatic N) is 2. The van der Waals surface area contributed by atoms with E-state index in [1.807, 2.05) is 5.38 Å². The summed E-state index contributed by atoms with van der Waals surface area (Å²) in [5, 5.41) is 12.9. The van der Waals surface area contributed by atoms with Crippen molar-refractivity contribution in [1.82, 2.24) is 20.2 Å². The first-order chi connectivity index (χ1) is 6.84. The third-order valence-electron chi connectivity index (χ3n) is 2.33. The number of rotatable bonds is 6. The highest BCUT2D eigenvalue weighted by atomic mass is 32.1. The summed E-state index contributed by atoms with van der Waals surface area (Å²) >= 11 is 1.40. The molecule has 1 aromatic rings. The zero-order valence-corrected chi connectivity index (χ0v) is 9.18. The largest absolute Gasteiger partial charge is 0.312 e. The maximum absolute atomic E-state index is 3.98. The number of hydrogen-bond donors (Lipinski definition) is 2. The standard InChI is InChI=1S/C9H16N4S/c1-7(4-11-8-2-3-8)10-5-9-6-14-13-12-9/h6-8,10-11H,2-5H2,1H3. The third kappa shape index (κ3) is 3.32. The second kappa shape index (κ2) is 4.82. The Hall–Kier alpha value is -0.520. The van der Waals surface area contributed by atoms with Crippen molar-refractivity contribution >= 4 is 11.5 Å². The van der Waals surface area contributed by atoms with Crippen molar-refractivity contribution in [3.05, 3.63) is 11.1 Å². The Labute approximate surface area is 88.3 Å². The Kier molecular flexibility index (Phi) is 3.44. The van der Waals surface area contributed by atoms with Crippen LogP contribution in [0.1, 0.15) is 25.5 Å². The summed E-state index contributed by atoms with van der Waals surface area (Å²) in [5.74, 6) is 0. The van der Waals surface area contributed by atoms with E-state index in [0.717, 1.165) is 24.8 Å². The summed E-state index contributed by atoms with van der Waals surface area (Å²) in [7, 11) is 0. The Morgan fingerprint density at radius 2 is 2.50 bits per heavy atom. The molecule has 1 fully saturated rings. The quantitative estimate of drug-likeness (QED) is 0.731. The summed E-state index contributed by atoms with van der Waals surface area (Å²) in [4.78, 5) is 0. The average Bonchev–Trinajstić information content (AvgIpc) is 2.87. The van der Waals surface area contributed by atoms with Crippen LogP contribution in [0.5, 0.6) is 0 Å². The zero-order valence-electron chi connectivity index (χ0n) is 8.36. The zero-order chi connectivity index (χ0) is 9.80. The molecule has 1 unspecified atom stereocenters. The van der Waals surface area contributed by atoms with Crippen LogP contribution in [0.25, 0.3) is 0 Å². The Morgan fingerprint density at radius 1 is 1.64 bits per heavy atom. The van der Waals surface area contributed by atoms with Gasteiger partial charge in [0, 0.05) is 30.6 Å². The first-order valence-electron chi connectivity index (χ1n) is 5.07. The van der Waals surface area contributed by atoms with E-state index in [2.05, 4.69) is 27.1 Å². The van der Waals surface area contributed by atoms with Gasteiger partial charge in [-0.3, -0.25) is 0 Å². The van der Waals surface area contributed by atoms with Crippen molar-refractivity contribution in [2.75, 3.05) is 6.54 Å². The molecule has 1 aliphatic carbocycles. The molecule has 1 saturated carbocycles. The first kappa shape index (κ1) is 10.0. The van der Waals surface area contributed by atoms with Gasteiger partial charge < -0.3 is 10.6 Å². The third-order valence-corrected chi connectivity index (χ3v) is 2.88. The van der Waals surface area contributed by atoms with Crippen LogP contribution < -0.4 is 10.6 Å². The lowest BCUT2D eigenvalue weighted by molar-refractivity contribution is 0.496. The molecule has 0 radical (unpaired) electrons. The van der Waals surface area contributed by atoms with Crippen molar-refractivity contribution in [3.63, 3.8) is 0 Å². The van der Waals surface area contributed by atoms with Gasteiger partial charge in [-0.05, 0) is 31.3 Å². The van der Waals surface area contributed by atoms with E-state index < -0.39 is 0 Å². The lowest BCUT2D eigenvalue weighted by Crippen LogP contribution is -2.36. The van der Waals surface area contributed by atoms with E-state index in [4.69, 9.17) is 0 Å². The van der Waals surface area contributed by atoms with Gasteiger partial charge in [-0.25, -0.2) is 0 Å². The minimum Gasteiger partial charge on any atom is -0.312 e. The second-order valence-corrected chi connectivity index (χ2v) is 4.47. The van der Waals surface area contributed by atoms with Crippen molar-refractivity contribution in [3.8, 4) is 0 Å². The molecular weight excluding hydrogens is 196 g/mol. The second-order valence-electron chi connectivity index (χ2n) is 3.86. The van der Waals surface area contributed by atoms with Gasteiger partial charge in [0.15, 0.2) is 0 Å². The van der Waals surface area contributed by atoms with Crippen LogP contribution in [0, 0.1) is 0 Å². The SMILES string of the molecule is CC(CNC1CC1)NCc1csnn1. The van der Waals surface area contributed by atoms with E-state index in [1.165, 1.54) is 24.4 Å². The molecule has 5 heteroatoms. The number of hydrogen-bond acceptors (Lipinski definition) is 5. The predicted molar refractivity (Wildman–Crippen MR) is 57.2 cm³/mol. The topological polar surface area (TPSA) is 49.8 Å². The monoisotopic (exact) mass is 212 g/mol. The minimum atomic E-state index is 0.498. The van der Waals surface area contributed by atoms with Gasteiger partial charge in [0.25, 0.3) is 0 Å². The Morgan fingerprint density at radius 3 is 3.14 bits per heavy atom. The van der Waals surface area contributed by atoms with Crippen LogP contribution in [-0.4, -0.2) is 28.2 Å². The fourth-order valence-corrected chi connectivity index (χ4v) is 1.69. The van der Waals surface area contributed by atoms with Crippen LogP contribution in [0.4, 0.5) is 0 Å². The first-order valence-corrected chi connectivity index (χ1v) is 5.91. The van der Waals surface area contributed by atoms with Crippen molar-refractivity contribution in [2.45, 2.75) is 38.4 Å². The van der Waals surface area contributed by atoms with E-state index in [1.54, 1.807) is 0 Å². The number of nitrogens with one attached hydrogen (secondary N) is 2. The summed E-state index contributed by atoms with van der Waals surface area (Å²) < 4.78 is 3.82. The molecule has 0 amide bonds. The molecule has 2 rings (SSSR count). The highest BCUT2D eigenvalue weighted by molar-refractivity contribution is 7.03. The van der Waals surface area contributed by atoms with E-state index >= 15 is 0 Å². The molecule has 0 aromatic carbocycles. The fraction of sp³-hybridized carbons (Fsp3) is 0.778. The molecule has 1 aromatic heterocycles. The van der Waals surface area contributed by atoms with Gasteiger partial charge in [0.05, 0.1) is 5.69 Å². The van der Waals surface area contributed by atoms with Crippen LogP contribution in [0.15, 0.2) is 5.38 Å². The highest BCUT2D eigenvalue weighted by Crippen LogP contribution is 2.18. The van der Waals surface area contributed by atoms with Crippen LogP contribution in [-0.2, 0) is 6.54 Å². The Balaban J connectivity index is 1.59. The Bertz CT molecular complexity index is 258. The average molecular weight is 212 g/mol. The van der Waals surface area contributed by atoms with Gasteiger partial charge in [0.1, 0.15) is 0 Å². The van der Waals surface area contributed by atoms with Gasteiger partial charge in [-0.1, -0.05) is 4.49 Å². The van der Waals surface area contributed by atoms with E-state index in [9.17, 15) is 0 Å². The van der Waals surface area contributed by atoms with Gasteiger partial charge in [0.2, 0.25) is 0 Å². The molecule has 1 aliphatic rings. The molecule has 1 heterocycles. The summed E-state index contributed by atoms with van der Waals surface area (Å²) in [6, 6.07) is 1.29. The molecular formula is C9H16N4S. The predicted octanol–water partition coefficient (Wildman–Crippen LogP) is 0.768. The molecule has 0 aliphatic heterocycles. The van der Waals surface area contributed by atoms with Gasteiger partial charge >= 0.3 is 0 Å². The maximum Gasteiger partial charge on any atom is 0.0893 e. The summed E-state index contributed by atoms with van der Waals surface area (Å²) in [5.41, 5.74) is 1.04. The maximum atomic E-state index is 3.98. The van der Waals surface area contributed by atoms with Crippen molar-refractivity contribution in [1.29, 1.82) is 0 Å². The lowest BCUT2D eigenvalue weighted by Gasteiger charge is -2.13. The molecule has 14 heavy (non-hydrogen) atoms. The molecule has 4 nitrogen and oxygen atoms in total. The van der Waals surface area contributed by atoms with E-state index in [-0.39, 0.29) is 0 Å². The lowest BCUT2D eigenvalue weighted by atomic mass is 10.3. The summed E-state index contributed by atoms with van der Waals surface area (Å²) in [6.07, 6.45) is 2.70. The number of aromatic nitrogens is 2. The van der Waals surface area contributed by atoms with Crippen molar-refractivity contribution in [2.24, 2.45) is 0 Å². The van der Waals surface area contributed by atoms with Gasteiger partial charge in [-0.15, -0.1) is 5.10 Å². The van der Waals surface area contributed by atoms with E-state index in [0.29, 0.717) is 6.04 Å². The van der Waals surface area contributed by atoms with Crippen molar-refractivity contribution < 1.29 is 0 Å². The fourth-order valence-electron chi connectivity index (χ4n) is 1.24. The molecule has 0 spiro atoms. The smallest absolute Gasteiger partial charge is 0.0893 e. The molecule has 0 bridgehead atoms. The highest BCUT2D eigenvalue weighted by Gasteiger charge is 2.20. The van der Waals surface area contributed by atoms with Crippen LogP contribution in [0.2, 0.25) is 0 Å². The van der Waals surface area contributed by atoms with Crippen LogP contribution in [0.3, 0.4) is 0 Å². The normalized spacial score (nSPS) is 18.4. The minimum absolute atomic E-state index is 0.498. The molecule has 2 N–H and O–H groups in total. The van der Waals surface area contributed by atoms with Gasteiger partial charge in [-0.2, -0.15) is 0 Å².